The molecule has 1 aliphatic heterocycles. The van der Waals surface area contributed by atoms with E-state index in [0.29, 0.717) is 23.6 Å². The summed E-state index contributed by atoms with van der Waals surface area (Å²) in [6.45, 7) is 5.77. The molecule has 1 unspecified atom stereocenters. The van der Waals surface area contributed by atoms with Crippen molar-refractivity contribution in [3.05, 3.63) is 29.7 Å². The second-order valence-corrected chi connectivity index (χ2v) is 7.36. The number of anilines is 1. The van der Waals surface area contributed by atoms with Crippen molar-refractivity contribution in [1.82, 2.24) is 14.8 Å². The van der Waals surface area contributed by atoms with Crippen molar-refractivity contribution in [3.63, 3.8) is 0 Å². The van der Waals surface area contributed by atoms with Crippen LogP contribution in [-0.2, 0) is 21.3 Å². The second-order valence-electron chi connectivity index (χ2n) is 7.36. The van der Waals surface area contributed by atoms with Crippen molar-refractivity contribution in [3.8, 4) is 0 Å². The molecule has 1 aromatic rings. The molecule has 0 fully saturated rings. The van der Waals surface area contributed by atoms with Gasteiger partial charge in [-0.2, -0.15) is 0 Å². The average molecular weight is 378 g/mol. The highest BCUT2D eigenvalue weighted by Crippen LogP contribution is 2.17. The lowest BCUT2D eigenvalue weighted by molar-refractivity contribution is -0.137. The van der Waals surface area contributed by atoms with E-state index in [2.05, 4.69) is 10.6 Å². The molecule has 0 saturated heterocycles. The highest BCUT2D eigenvalue weighted by molar-refractivity contribution is 5.96. The van der Waals surface area contributed by atoms with Crippen LogP contribution < -0.4 is 10.6 Å². The van der Waals surface area contributed by atoms with E-state index in [0.717, 1.165) is 0 Å². The Balaban J connectivity index is 2.03. The van der Waals surface area contributed by atoms with Gasteiger partial charge in [0.2, 0.25) is 0 Å². The van der Waals surface area contributed by atoms with Crippen LogP contribution in [0.1, 0.15) is 31.3 Å². The van der Waals surface area contributed by atoms with E-state index < -0.39 is 17.7 Å². The van der Waals surface area contributed by atoms with Crippen LogP contribution in [-0.4, -0.2) is 59.8 Å². The zero-order valence-corrected chi connectivity index (χ0v) is 16.5. The van der Waals surface area contributed by atoms with Gasteiger partial charge in [0.1, 0.15) is 17.0 Å². The van der Waals surface area contributed by atoms with Crippen molar-refractivity contribution < 1.29 is 23.9 Å². The lowest BCUT2D eigenvalue weighted by atomic mass is 10.2. The smallest absolute Gasteiger partial charge is 0.412 e. The molecule has 1 aromatic heterocycles. The van der Waals surface area contributed by atoms with Gasteiger partial charge in [0.25, 0.3) is 5.91 Å². The first-order valence-corrected chi connectivity index (χ1v) is 8.48. The van der Waals surface area contributed by atoms with Crippen LogP contribution in [0.2, 0.25) is 0 Å². The predicted octanol–water partition coefficient (Wildman–Crippen LogP) is 1.47. The van der Waals surface area contributed by atoms with Gasteiger partial charge in [-0.15, -0.1) is 0 Å². The van der Waals surface area contributed by atoms with Gasteiger partial charge in [-0.3, -0.25) is 10.1 Å². The summed E-state index contributed by atoms with van der Waals surface area (Å²) in [5.41, 5.74) is 0.605. The number of ether oxygens (including phenoxy) is 2. The first-order chi connectivity index (χ1) is 12.5. The van der Waals surface area contributed by atoms with Gasteiger partial charge >= 0.3 is 12.1 Å². The molecule has 1 atom stereocenters. The van der Waals surface area contributed by atoms with Gasteiger partial charge in [0.05, 0.1) is 18.8 Å². The first kappa shape index (κ1) is 20.3. The number of nitrogens with one attached hydrogen (secondary N) is 2. The standard InChI is InChI=1S/C18H26N4O5/c1-18(2,3)27-17(25)20-12-7-13(21(4)10-12)15(23)19-11-8-14(16(24)26-6)22(5)9-11/h7-8,10-11H,9H2,1-6H3,(H,19,23)(H,20,25). The van der Waals surface area contributed by atoms with E-state index in [4.69, 9.17) is 9.47 Å². The summed E-state index contributed by atoms with van der Waals surface area (Å²) >= 11 is 0. The summed E-state index contributed by atoms with van der Waals surface area (Å²) in [5.74, 6) is -0.771. The van der Waals surface area contributed by atoms with Gasteiger partial charge < -0.3 is 24.3 Å². The average Bonchev–Trinajstić information content (AvgIpc) is 3.07. The van der Waals surface area contributed by atoms with Crippen LogP contribution in [0.3, 0.4) is 0 Å². The molecule has 148 valence electrons. The minimum absolute atomic E-state index is 0.324. The summed E-state index contributed by atoms with van der Waals surface area (Å²) in [5, 5.41) is 5.45. The number of hydrogen-bond acceptors (Lipinski definition) is 6. The third kappa shape index (κ3) is 5.25. The molecule has 27 heavy (non-hydrogen) atoms. The Bertz CT molecular complexity index is 775. The monoisotopic (exact) mass is 378 g/mol. The normalized spacial score (nSPS) is 16.6. The maximum absolute atomic E-state index is 12.6. The zero-order chi connectivity index (χ0) is 20.4. The summed E-state index contributed by atoms with van der Waals surface area (Å²) < 4.78 is 11.5. The molecule has 1 aliphatic rings. The first-order valence-electron chi connectivity index (χ1n) is 8.48. The topological polar surface area (TPSA) is 102 Å². The Hall–Kier alpha value is -2.97. The van der Waals surface area contributed by atoms with Crippen LogP contribution in [0.25, 0.3) is 0 Å². The molecular weight excluding hydrogens is 352 g/mol. The van der Waals surface area contributed by atoms with Gasteiger partial charge in [0.15, 0.2) is 0 Å². The van der Waals surface area contributed by atoms with E-state index in [-0.39, 0.29) is 11.9 Å². The number of rotatable bonds is 4. The molecule has 0 aliphatic carbocycles. The van der Waals surface area contributed by atoms with Crippen molar-refractivity contribution in [2.24, 2.45) is 7.05 Å². The Labute approximate surface area is 158 Å². The number of esters is 1. The lowest BCUT2D eigenvalue weighted by Gasteiger charge is -2.19. The Morgan fingerprint density at radius 3 is 2.48 bits per heavy atom. The van der Waals surface area contributed by atoms with Crippen molar-refractivity contribution in [1.29, 1.82) is 0 Å². The maximum Gasteiger partial charge on any atom is 0.412 e. The number of carbonyl (C=O) groups is 3. The third-order valence-electron chi connectivity index (χ3n) is 3.83. The summed E-state index contributed by atoms with van der Waals surface area (Å²) in [6, 6.07) is 1.23. The fourth-order valence-corrected chi connectivity index (χ4v) is 2.70. The van der Waals surface area contributed by atoms with Gasteiger partial charge in [-0.1, -0.05) is 0 Å². The van der Waals surface area contributed by atoms with Crippen LogP contribution in [0.4, 0.5) is 10.5 Å². The molecule has 0 bridgehead atoms. The number of nitrogens with zero attached hydrogens (tertiary/aromatic N) is 2. The van der Waals surface area contributed by atoms with Crippen molar-refractivity contribution in [2.45, 2.75) is 32.4 Å². The molecule has 0 saturated carbocycles. The van der Waals surface area contributed by atoms with Crippen LogP contribution in [0.5, 0.6) is 0 Å². The molecule has 0 radical (unpaired) electrons. The van der Waals surface area contributed by atoms with Gasteiger partial charge in [0, 0.05) is 26.8 Å². The highest BCUT2D eigenvalue weighted by Gasteiger charge is 2.28. The zero-order valence-electron chi connectivity index (χ0n) is 16.5. The Morgan fingerprint density at radius 2 is 1.89 bits per heavy atom. The molecule has 0 aromatic carbocycles. The predicted molar refractivity (Wildman–Crippen MR) is 99.3 cm³/mol. The fraction of sp³-hybridized carbons (Fsp3) is 0.500. The number of hydrogen-bond donors (Lipinski definition) is 2. The number of aryl methyl sites for hydroxylation is 1. The van der Waals surface area contributed by atoms with Crippen LogP contribution in [0, 0.1) is 0 Å². The number of likely N-dealkylation sites (N-methyl/N-ethyl adjacent to an activating group) is 1. The largest absolute Gasteiger partial charge is 0.464 e. The fourth-order valence-electron chi connectivity index (χ4n) is 2.70. The van der Waals surface area contributed by atoms with Crippen molar-refractivity contribution in [2.75, 3.05) is 26.0 Å². The minimum atomic E-state index is -0.614. The van der Waals surface area contributed by atoms with Crippen molar-refractivity contribution >= 4 is 23.7 Å². The number of aromatic nitrogens is 1. The Kier molecular flexibility index (Phi) is 5.82. The van der Waals surface area contributed by atoms with E-state index in [9.17, 15) is 14.4 Å². The molecule has 2 amide bonds. The summed E-state index contributed by atoms with van der Waals surface area (Å²) in [6.07, 6.45) is 2.69. The van der Waals surface area contributed by atoms with E-state index in [1.54, 1.807) is 62.7 Å². The highest BCUT2D eigenvalue weighted by atomic mass is 16.6. The molecule has 2 rings (SSSR count). The van der Waals surface area contributed by atoms with Gasteiger partial charge in [-0.05, 0) is 32.9 Å². The SMILES string of the molecule is COC(=O)C1=CC(NC(=O)c2cc(NC(=O)OC(C)(C)C)cn2C)CN1C. The summed E-state index contributed by atoms with van der Waals surface area (Å²) in [4.78, 5) is 37.8. The van der Waals surface area contributed by atoms with Crippen LogP contribution in [0.15, 0.2) is 24.0 Å². The van der Waals surface area contributed by atoms with E-state index in [1.165, 1.54) is 7.11 Å². The molecule has 9 heteroatoms. The second kappa shape index (κ2) is 7.73. The molecule has 9 nitrogen and oxygen atoms in total. The molecule has 0 spiro atoms. The third-order valence-corrected chi connectivity index (χ3v) is 3.83. The lowest BCUT2D eigenvalue weighted by Crippen LogP contribution is -2.37. The van der Waals surface area contributed by atoms with Crippen LogP contribution >= 0.6 is 0 Å². The maximum atomic E-state index is 12.6. The number of carbonyl (C=O) groups excluding carboxylic acids is 3. The number of methoxy groups -OCH3 is 1. The minimum Gasteiger partial charge on any atom is -0.464 e. The number of amides is 2. The Morgan fingerprint density at radius 1 is 1.22 bits per heavy atom. The van der Waals surface area contributed by atoms with Gasteiger partial charge in [-0.25, -0.2) is 9.59 Å². The molecule has 2 heterocycles. The molecule has 2 N–H and O–H groups in total. The molecular formula is C18H26N4O5. The summed E-state index contributed by atoms with van der Waals surface area (Å²) in [7, 11) is 4.76. The van der Waals surface area contributed by atoms with E-state index >= 15 is 0 Å². The quantitative estimate of drug-likeness (QED) is 0.770. The van der Waals surface area contributed by atoms with E-state index in [1.807, 2.05) is 0 Å².